The molecule has 0 saturated heterocycles. The number of carbonyl (C=O) groups excluding carboxylic acids is 2. The zero-order valence-electron chi connectivity index (χ0n) is 14.6. The van der Waals surface area contributed by atoms with Gasteiger partial charge < -0.3 is 5.32 Å². The van der Waals surface area contributed by atoms with Gasteiger partial charge in [0, 0.05) is 35.1 Å². The van der Waals surface area contributed by atoms with Gasteiger partial charge in [0.2, 0.25) is 5.91 Å². The summed E-state index contributed by atoms with van der Waals surface area (Å²) in [4.78, 5) is 36.8. The van der Waals surface area contributed by atoms with Gasteiger partial charge in [-0.1, -0.05) is 17.7 Å². The van der Waals surface area contributed by atoms with E-state index in [1.807, 2.05) is 17.5 Å². The summed E-state index contributed by atoms with van der Waals surface area (Å²) >= 11 is 7.66. The predicted octanol–water partition coefficient (Wildman–Crippen LogP) is 2.81. The molecular formula is C17H19ClN4O4S. The zero-order chi connectivity index (χ0) is 19.8. The third-order valence-corrected chi connectivity index (χ3v) is 4.89. The summed E-state index contributed by atoms with van der Waals surface area (Å²) in [5, 5.41) is 18.1. The lowest BCUT2D eigenvalue weighted by atomic mass is 10.2. The number of rotatable bonds is 8. The summed E-state index contributed by atoms with van der Waals surface area (Å²) < 4.78 is 0. The fourth-order valence-electron chi connectivity index (χ4n) is 2.35. The van der Waals surface area contributed by atoms with E-state index < -0.39 is 16.9 Å². The van der Waals surface area contributed by atoms with Gasteiger partial charge in [-0.2, -0.15) is 0 Å². The van der Waals surface area contributed by atoms with Crippen LogP contribution in [-0.4, -0.2) is 41.9 Å². The molecule has 0 fully saturated rings. The van der Waals surface area contributed by atoms with Crippen molar-refractivity contribution in [2.24, 2.45) is 0 Å². The Kier molecular flexibility index (Phi) is 7.71. The SMILES string of the molecule is CN(CC(=O)NC(=O)NCCc1cccs1)Cc1cc([N+](=O)[O-])ccc1Cl. The van der Waals surface area contributed by atoms with Gasteiger partial charge in [-0.25, -0.2) is 4.79 Å². The summed E-state index contributed by atoms with van der Waals surface area (Å²) in [7, 11) is 1.66. The Hall–Kier alpha value is -2.49. The first-order chi connectivity index (χ1) is 12.8. The standard InChI is InChI=1S/C17H19ClN4O4S/c1-21(10-12-9-13(22(25)26)4-5-15(12)18)11-16(23)20-17(24)19-7-6-14-3-2-8-27-14/h2-5,8-9H,6-7,10-11H2,1H3,(H2,19,20,23,24). The van der Waals surface area contributed by atoms with Crippen LogP contribution in [0.3, 0.4) is 0 Å². The smallest absolute Gasteiger partial charge is 0.321 e. The number of nitrogens with one attached hydrogen (secondary N) is 2. The van der Waals surface area contributed by atoms with Crippen molar-refractivity contribution in [3.05, 3.63) is 61.3 Å². The number of imide groups is 1. The number of benzene rings is 1. The van der Waals surface area contributed by atoms with Crippen molar-refractivity contribution >= 4 is 40.6 Å². The van der Waals surface area contributed by atoms with Crippen LogP contribution in [0.5, 0.6) is 0 Å². The number of hydrogen-bond donors (Lipinski definition) is 2. The quantitative estimate of drug-likeness (QED) is 0.514. The van der Waals surface area contributed by atoms with Crippen LogP contribution in [0.2, 0.25) is 5.02 Å². The molecule has 0 unspecified atom stereocenters. The van der Waals surface area contributed by atoms with Gasteiger partial charge in [-0.15, -0.1) is 11.3 Å². The second kappa shape index (κ2) is 10.0. The number of nitrogens with zero attached hydrogens (tertiary/aromatic N) is 2. The van der Waals surface area contributed by atoms with Crippen molar-refractivity contribution in [3.8, 4) is 0 Å². The van der Waals surface area contributed by atoms with Crippen molar-refractivity contribution in [2.75, 3.05) is 20.1 Å². The van der Waals surface area contributed by atoms with Gasteiger partial charge in [-0.3, -0.25) is 25.1 Å². The Morgan fingerprint density at radius 3 is 2.78 bits per heavy atom. The molecule has 0 spiro atoms. The summed E-state index contributed by atoms with van der Waals surface area (Å²) in [6.45, 7) is 0.601. The Morgan fingerprint density at radius 1 is 1.33 bits per heavy atom. The molecule has 27 heavy (non-hydrogen) atoms. The van der Waals surface area contributed by atoms with Crippen LogP contribution in [0.25, 0.3) is 0 Å². The monoisotopic (exact) mass is 410 g/mol. The van der Waals surface area contributed by atoms with E-state index in [0.717, 1.165) is 4.88 Å². The third-order valence-electron chi connectivity index (χ3n) is 3.58. The number of likely N-dealkylation sites (N-methyl/N-ethyl adjacent to an activating group) is 1. The maximum Gasteiger partial charge on any atom is 0.321 e. The van der Waals surface area contributed by atoms with E-state index in [1.165, 1.54) is 18.2 Å². The molecule has 2 N–H and O–H groups in total. The normalized spacial score (nSPS) is 10.6. The predicted molar refractivity (Wildman–Crippen MR) is 104 cm³/mol. The average molecular weight is 411 g/mol. The van der Waals surface area contributed by atoms with Crippen LogP contribution < -0.4 is 10.6 Å². The first-order valence-electron chi connectivity index (χ1n) is 8.06. The number of carbonyl (C=O) groups is 2. The molecule has 0 saturated carbocycles. The number of hydrogen-bond acceptors (Lipinski definition) is 6. The van der Waals surface area contributed by atoms with Gasteiger partial charge >= 0.3 is 6.03 Å². The summed E-state index contributed by atoms with van der Waals surface area (Å²) in [5.74, 6) is -0.479. The fraction of sp³-hybridized carbons (Fsp3) is 0.294. The molecule has 144 valence electrons. The second-order valence-corrected chi connectivity index (χ2v) is 7.28. The molecule has 1 aromatic carbocycles. The van der Waals surface area contributed by atoms with E-state index in [4.69, 9.17) is 11.6 Å². The molecule has 10 heteroatoms. The highest BCUT2D eigenvalue weighted by molar-refractivity contribution is 7.09. The number of halogens is 1. The van der Waals surface area contributed by atoms with Gasteiger partial charge in [0.05, 0.1) is 11.5 Å². The maximum absolute atomic E-state index is 12.0. The Balaban J connectivity index is 1.77. The highest BCUT2D eigenvalue weighted by Gasteiger charge is 2.14. The van der Waals surface area contributed by atoms with Crippen LogP contribution >= 0.6 is 22.9 Å². The van der Waals surface area contributed by atoms with Gasteiger partial charge in [0.15, 0.2) is 0 Å². The van der Waals surface area contributed by atoms with Crippen molar-refractivity contribution in [1.29, 1.82) is 0 Å². The summed E-state index contributed by atoms with van der Waals surface area (Å²) in [6.07, 6.45) is 0.699. The Bertz CT molecular complexity index is 813. The number of amides is 3. The fourth-order valence-corrected chi connectivity index (χ4v) is 3.24. The molecule has 2 aromatic rings. The molecule has 2 rings (SSSR count). The molecule has 0 aliphatic heterocycles. The number of nitro groups is 1. The molecule has 8 nitrogen and oxygen atoms in total. The summed E-state index contributed by atoms with van der Waals surface area (Å²) in [5.41, 5.74) is 0.457. The van der Waals surface area contributed by atoms with Gasteiger partial charge in [0.1, 0.15) is 0 Å². The zero-order valence-corrected chi connectivity index (χ0v) is 16.2. The molecule has 0 bridgehead atoms. The molecule has 3 amide bonds. The Labute approximate surface area is 165 Å². The van der Waals surface area contributed by atoms with E-state index in [-0.39, 0.29) is 18.8 Å². The largest absolute Gasteiger partial charge is 0.337 e. The van der Waals surface area contributed by atoms with E-state index in [0.29, 0.717) is 23.6 Å². The van der Waals surface area contributed by atoms with E-state index in [1.54, 1.807) is 23.3 Å². The highest BCUT2D eigenvalue weighted by Crippen LogP contribution is 2.23. The minimum atomic E-state index is -0.557. The van der Waals surface area contributed by atoms with E-state index in [2.05, 4.69) is 10.6 Å². The minimum absolute atomic E-state index is 0.0582. The lowest BCUT2D eigenvalue weighted by Gasteiger charge is -2.17. The first-order valence-corrected chi connectivity index (χ1v) is 9.32. The van der Waals surface area contributed by atoms with Gasteiger partial charge in [0.25, 0.3) is 5.69 Å². The van der Waals surface area contributed by atoms with Crippen molar-refractivity contribution in [1.82, 2.24) is 15.5 Å². The molecule has 0 atom stereocenters. The van der Waals surface area contributed by atoms with Crippen molar-refractivity contribution in [3.63, 3.8) is 0 Å². The average Bonchev–Trinajstić information content (AvgIpc) is 3.09. The lowest BCUT2D eigenvalue weighted by molar-refractivity contribution is -0.384. The Morgan fingerprint density at radius 2 is 2.11 bits per heavy atom. The van der Waals surface area contributed by atoms with Crippen molar-refractivity contribution in [2.45, 2.75) is 13.0 Å². The van der Waals surface area contributed by atoms with Crippen LogP contribution in [0, 0.1) is 10.1 Å². The van der Waals surface area contributed by atoms with E-state index in [9.17, 15) is 19.7 Å². The highest BCUT2D eigenvalue weighted by atomic mass is 35.5. The molecule has 0 radical (unpaired) electrons. The van der Waals surface area contributed by atoms with Gasteiger partial charge in [-0.05, 0) is 36.5 Å². The van der Waals surface area contributed by atoms with E-state index >= 15 is 0 Å². The minimum Gasteiger partial charge on any atom is -0.337 e. The van der Waals surface area contributed by atoms with Crippen LogP contribution in [0.15, 0.2) is 35.7 Å². The van der Waals surface area contributed by atoms with Crippen molar-refractivity contribution < 1.29 is 14.5 Å². The molecular weight excluding hydrogens is 392 g/mol. The number of non-ortho nitro benzene ring substituents is 1. The topological polar surface area (TPSA) is 105 Å². The maximum atomic E-state index is 12.0. The molecule has 1 heterocycles. The third kappa shape index (κ3) is 6.97. The van der Waals surface area contributed by atoms with Crippen LogP contribution in [0.4, 0.5) is 10.5 Å². The number of thiophene rings is 1. The number of nitro benzene ring substituents is 1. The summed E-state index contributed by atoms with van der Waals surface area (Å²) in [6, 6.07) is 7.49. The second-order valence-electron chi connectivity index (χ2n) is 5.84. The van der Waals surface area contributed by atoms with Crippen LogP contribution in [-0.2, 0) is 17.8 Å². The molecule has 0 aliphatic rings. The molecule has 0 aliphatic carbocycles. The first kappa shape index (κ1) is 20.8. The van der Waals surface area contributed by atoms with Crippen LogP contribution in [0.1, 0.15) is 10.4 Å². The number of urea groups is 1. The molecule has 1 aromatic heterocycles. The lowest BCUT2D eigenvalue weighted by Crippen LogP contribution is -2.44.